The number of aliphatic hydroxyl groups excluding tert-OH is 1. The second-order valence-electron chi connectivity index (χ2n) is 11.5. The molecule has 4 atom stereocenters. The van der Waals surface area contributed by atoms with E-state index in [2.05, 4.69) is 25.4 Å². The van der Waals surface area contributed by atoms with Crippen molar-refractivity contribution in [2.24, 2.45) is 11.0 Å². The summed E-state index contributed by atoms with van der Waals surface area (Å²) in [6, 6.07) is 9.71. The second kappa shape index (κ2) is 16.0. The van der Waals surface area contributed by atoms with E-state index in [1.54, 1.807) is 25.1 Å². The van der Waals surface area contributed by atoms with E-state index in [0.29, 0.717) is 43.9 Å². The van der Waals surface area contributed by atoms with Crippen molar-refractivity contribution in [2.45, 2.75) is 74.8 Å². The van der Waals surface area contributed by atoms with Gasteiger partial charge in [-0.1, -0.05) is 34.9 Å². The Bertz CT molecular complexity index is 1410. The number of carbonyl (C=O) groups is 1. The molecular formula is C30H40ClFN6O5S. The Morgan fingerprint density at radius 1 is 1.16 bits per heavy atom. The standard InChI is InChI=1S/C30H40ClFN6O5S/c1-19(39)17-34-18-23(37-44(41,42)24-10-11-24)9-12-25-26(32)3-2-4-27(25)35-30(40)29(36-38-33)28(21-13-15-43-16-14-21)20-5-7-22(31)8-6-20/h2-8,19,21,23-24,28-29,34,37,39H,9-18H2,1H3,(H,35,40)/t19-,23?,28+,29-/m1/s1. The smallest absolute Gasteiger partial charge is 0.234 e. The van der Waals surface area contributed by atoms with Gasteiger partial charge >= 0.3 is 0 Å². The van der Waals surface area contributed by atoms with Crippen LogP contribution < -0.4 is 15.4 Å². The lowest BCUT2D eigenvalue weighted by molar-refractivity contribution is -0.118. The topological polar surface area (TPSA) is 166 Å². The van der Waals surface area contributed by atoms with Gasteiger partial charge in [0.15, 0.2) is 0 Å². The first-order chi connectivity index (χ1) is 21.1. The van der Waals surface area contributed by atoms with Gasteiger partial charge in [-0.2, -0.15) is 0 Å². The van der Waals surface area contributed by atoms with Gasteiger partial charge in [0.25, 0.3) is 0 Å². The van der Waals surface area contributed by atoms with Crippen molar-refractivity contribution in [1.82, 2.24) is 10.0 Å². The molecule has 1 amide bonds. The van der Waals surface area contributed by atoms with Gasteiger partial charge in [0.2, 0.25) is 15.9 Å². The van der Waals surface area contributed by atoms with E-state index in [0.717, 1.165) is 5.56 Å². The third-order valence-electron chi connectivity index (χ3n) is 8.06. The Balaban J connectivity index is 1.55. The molecule has 1 saturated carbocycles. The maximum absolute atomic E-state index is 15.2. The molecule has 1 saturated heterocycles. The van der Waals surface area contributed by atoms with Gasteiger partial charge in [-0.15, -0.1) is 0 Å². The van der Waals surface area contributed by atoms with Crippen LogP contribution >= 0.6 is 11.6 Å². The van der Waals surface area contributed by atoms with Crippen LogP contribution in [0.15, 0.2) is 47.6 Å². The lowest BCUT2D eigenvalue weighted by Crippen LogP contribution is -2.44. The van der Waals surface area contributed by atoms with Gasteiger partial charge in [0.1, 0.15) is 11.9 Å². The molecule has 2 aromatic carbocycles. The van der Waals surface area contributed by atoms with Gasteiger partial charge in [0, 0.05) is 59.4 Å². The Labute approximate surface area is 262 Å². The van der Waals surface area contributed by atoms with Crippen LogP contribution in [-0.2, 0) is 26.0 Å². The van der Waals surface area contributed by atoms with E-state index < -0.39 is 51.1 Å². The number of nitrogens with one attached hydrogen (secondary N) is 3. The minimum Gasteiger partial charge on any atom is -0.392 e. The van der Waals surface area contributed by atoms with Crippen LogP contribution in [0, 0.1) is 11.7 Å². The number of amides is 1. The molecule has 1 aliphatic carbocycles. The summed E-state index contributed by atoms with van der Waals surface area (Å²) in [5.74, 6) is -1.61. The molecule has 1 aliphatic heterocycles. The van der Waals surface area contributed by atoms with Crippen LogP contribution in [0.4, 0.5) is 10.1 Å². The molecule has 44 heavy (non-hydrogen) atoms. The van der Waals surface area contributed by atoms with Crippen molar-refractivity contribution >= 4 is 33.2 Å². The van der Waals surface area contributed by atoms with E-state index in [1.165, 1.54) is 12.1 Å². The van der Waals surface area contributed by atoms with Crippen LogP contribution in [0.1, 0.15) is 56.1 Å². The monoisotopic (exact) mass is 650 g/mol. The van der Waals surface area contributed by atoms with Crippen LogP contribution in [0.5, 0.6) is 0 Å². The Morgan fingerprint density at radius 3 is 2.50 bits per heavy atom. The number of benzene rings is 2. The Morgan fingerprint density at radius 2 is 1.86 bits per heavy atom. The van der Waals surface area contributed by atoms with Gasteiger partial charge in [-0.05, 0) is 86.7 Å². The number of nitrogens with zero attached hydrogens (tertiary/aromatic N) is 3. The number of halogens is 2. The highest BCUT2D eigenvalue weighted by atomic mass is 35.5. The first kappa shape index (κ1) is 34.1. The van der Waals surface area contributed by atoms with Crippen molar-refractivity contribution < 1.29 is 27.4 Å². The fourth-order valence-corrected chi connectivity index (χ4v) is 7.39. The second-order valence-corrected chi connectivity index (χ2v) is 14.0. The van der Waals surface area contributed by atoms with Gasteiger partial charge in [-0.3, -0.25) is 4.79 Å². The summed E-state index contributed by atoms with van der Waals surface area (Å²) in [6.45, 7) is 3.16. The number of ether oxygens (including phenoxy) is 1. The molecular weight excluding hydrogens is 611 g/mol. The van der Waals surface area contributed by atoms with E-state index in [4.69, 9.17) is 16.3 Å². The van der Waals surface area contributed by atoms with Crippen molar-refractivity contribution in [3.8, 4) is 0 Å². The van der Waals surface area contributed by atoms with E-state index in [1.807, 2.05) is 12.1 Å². The third kappa shape index (κ3) is 9.61. The minimum atomic E-state index is -3.53. The number of azide groups is 1. The largest absolute Gasteiger partial charge is 0.392 e. The van der Waals surface area contributed by atoms with Crippen molar-refractivity contribution in [2.75, 3.05) is 31.6 Å². The first-order valence-corrected chi connectivity index (χ1v) is 16.9. The average Bonchev–Trinajstić information content (AvgIpc) is 3.84. The summed E-state index contributed by atoms with van der Waals surface area (Å²) >= 11 is 6.12. The number of carbonyl (C=O) groups excluding carboxylic acids is 1. The van der Waals surface area contributed by atoms with Crippen LogP contribution in [0.3, 0.4) is 0 Å². The zero-order valence-electron chi connectivity index (χ0n) is 24.7. The number of aliphatic hydroxyl groups is 1. The van der Waals surface area contributed by atoms with Gasteiger partial charge in [-0.25, -0.2) is 17.5 Å². The van der Waals surface area contributed by atoms with Crippen LogP contribution in [0.2, 0.25) is 5.02 Å². The Hall–Kier alpha value is -2.77. The zero-order valence-corrected chi connectivity index (χ0v) is 26.2. The lowest BCUT2D eigenvalue weighted by atomic mass is 9.76. The molecule has 0 radical (unpaired) electrons. The lowest BCUT2D eigenvalue weighted by Gasteiger charge is -2.34. The van der Waals surface area contributed by atoms with Crippen molar-refractivity contribution in [1.29, 1.82) is 0 Å². The first-order valence-electron chi connectivity index (χ1n) is 14.9. The molecule has 0 spiro atoms. The van der Waals surface area contributed by atoms with Crippen molar-refractivity contribution in [3.05, 3.63) is 74.9 Å². The summed E-state index contributed by atoms with van der Waals surface area (Å²) in [4.78, 5) is 16.8. The fourth-order valence-electron chi connectivity index (χ4n) is 5.65. The summed E-state index contributed by atoms with van der Waals surface area (Å²) < 4.78 is 48.9. The molecule has 2 aromatic rings. The molecule has 14 heteroatoms. The maximum Gasteiger partial charge on any atom is 0.234 e. The van der Waals surface area contributed by atoms with Crippen molar-refractivity contribution in [3.63, 3.8) is 0 Å². The predicted octanol–water partition coefficient (Wildman–Crippen LogP) is 4.66. The summed E-state index contributed by atoms with van der Waals surface area (Å²) in [5, 5.41) is 19.5. The molecule has 1 heterocycles. The third-order valence-corrected chi connectivity index (χ3v) is 10.3. The maximum atomic E-state index is 15.2. The molecule has 2 fully saturated rings. The van der Waals surface area contributed by atoms with E-state index in [9.17, 15) is 23.8 Å². The molecule has 0 bridgehead atoms. The van der Waals surface area contributed by atoms with E-state index in [-0.39, 0.29) is 43.1 Å². The molecule has 2 aliphatic rings. The van der Waals surface area contributed by atoms with Crippen LogP contribution in [-0.4, -0.2) is 69.2 Å². The van der Waals surface area contributed by atoms with Gasteiger partial charge in [0.05, 0.1) is 11.4 Å². The summed E-state index contributed by atoms with van der Waals surface area (Å²) in [7, 11) is -3.53. The fraction of sp³-hybridized carbons (Fsp3) is 0.567. The normalized spacial score (nSPS) is 18.5. The summed E-state index contributed by atoms with van der Waals surface area (Å²) in [5.41, 5.74) is 10.7. The number of rotatable bonds is 16. The predicted molar refractivity (Wildman–Crippen MR) is 167 cm³/mol. The highest BCUT2D eigenvalue weighted by molar-refractivity contribution is 7.90. The molecule has 0 aromatic heterocycles. The molecule has 4 N–H and O–H groups in total. The molecule has 240 valence electrons. The average molecular weight is 651 g/mol. The van der Waals surface area contributed by atoms with Crippen LogP contribution in [0.25, 0.3) is 10.4 Å². The number of sulfonamides is 1. The quantitative estimate of drug-likeness (QED) is 0.117. The van der Waals surface area contributed by atoms with Gasteiger partial charge < -0.3 is 20.5 Å². The Kier molecular flexibility index (Phi) is 12.4. The highest BCUT2D eigenvalue weighted by Gasteiger charge is 2.38. The minimum absolute atomic E-state index is 0.00690. The number of anilines is 1. The zero-order chi connectivity index (χ0) is 31.7. The molecule has 1 unspecified atom stereocenters. The number of hydrogen-bond donors (Lipinski definition) is 4. The number of hydrogen-bond acceptors (Lipinski definition) is 7. The molecule has 4 rings (SSSR count). The van der Waals surface area contributed by atoms with E-state index >= 15 is 4.39 Å². The molecule has 11 nitrogen and oxygen atoms in total. The SMILES string of the molecule is C[C@@H](O)CNCC(CCc1c(F)cccc1NC(=O)[C@H](N=[N+]=[N-])[C@@H](c1ccc(Cl)cc1)C1CCOCC1)NS(=O)(=O)C1CC1. The summed E-state index contributed by atoms with van der Waals surface area (Å²) in [6.07, 6.45) is 2.27. The highest BCUT2D eigenvalue weighted by Crippen LogP contribution is 2.38.